The zero-order valence-corrected chi connectivity index (χ0v) is 8.76. The molecule has 5 heteroatoms. The summed E-state index contributed by atoms with van der Waals surface area (Å²) >= 11 is 12.3. The number of halogens is 2. The molecule has 14 heavy (non-hydrogen) atoms. The van der Waals surface area contributed by atoms with Gasteiger partial charge >= 0.3 is 0 Å². The summed E-state index contributed by atoms with van der Waals surface area (Å²) in [7, 11) is 0. The van der Waals surface area contributed by atoms with Crippen LogP contribution < -0.4 is 0 Å². The second kappa shape index (κ2) is 2.84. The van der Waals surface area contributed by atoms with Crippen LogP contribution in [0.5, 0.6) is 0 Å². The second-order valence-corrected chi connectivity index (χ2v) is 4.20. The molecule has 0 N–H and O–H groups in total. The Morgan fingerprint density at radius 3 is 2.86 bits per heavy atom. The molecule has 0 amide bonds. The third-order valence-electron chi connectivity index (χ3n) is 2.45. The van der Waals surface area contributed by atoms with Gasteiger partial charge in [-0.2, -0.15) is 5.10 Å². The van der Waals surface area contributed by atoms with E-state index in [4.69, 9.17) is 23.2 Å². The van der Waals surface area contributed by atoms with E-state index in [1.165, 1.54) is 0 Å². The monoisotopic (exact) mass is 227 g/mol. The first-order chi connectivity index (χ1) is 6.77. The summed E-state index contributed by atoms with van der Waals surface area (Å²) in [6.07, 6.45) is 3.96. The van der Waals surface area contributed by atoms with Crippen molar-refractivity contribution in [2.45, 2.75) is 18.8 Å². The smallest absolute Gasteiger partial charge is 0.158 e. The fourth-order valence-corrected chi connectivity index (χ4v) is 2.35. The first kappa shape index (κ1) is 8.50. The van der Waals surface area contributed by atoms with Gasteiger partial charge in [0.2, 0.25) is 0 Å². The van der Waals surface area contributed by atoms with Gasteiger partial charge in [0, 0.05) is 11.6 Å². The SMILES string of the molecule is Clc1nc2ccnn2c(Cl)c1C1CC1. The largest absolute Gasteiger partial charge is 0.216 e. The van der Waals surface area contributed by atoms with Gasteiger partial charge in [-0.05, 0) is 18.8 Å². The van der Waals surface area contributed by atoms with Crippen molar-refractivity contribution < 1.29 is 0 Å². The Morgan fingerprint density at radius 1 is 1.36 bits per heavy atom. The molecule has 0 bridgehead atoms. The maximum absolute atomic E-state index is 6.20. The van der Waals surface area contributed by atoms with Crippen LogP contribution in [-0.2, 0) is 0 Å². The van der Waals surface area contributed by atoms with Crippen LogP contribution in [0.15, 0.2) is 12.3 Å². The summed E-state index contributed by atoms with van der Waals surface area (Å²) in [5.74, 6) is 0.482. The highest BCUT2D eigenvalue weighted by atomic mass is 35.5. The van der Waals surface area contributed by atoms with Crippen LogP contribution in [0, 0.1) is 0 Å². The van der Waals surface area contributed by atoms with Crippen molar-refractivity contribution in [3.8, 4) is 0 Å². The minimum absolute atomic E-state index is 0.482. The van der Waals surface area contributed by atoms with Crippen molar-refractivity contribution in [2.75, 3.05) is 0 Å². The lowest BCUT2D eigenvalue weighted by molar-refractivity contribution is 0.908. The summed E-state index contributed by atoms with van der Waals surface area (Å²) < 4.78 is 1.63. The molecular weight excluding hydrogens is 221 g/mol. The van der Waals surface area contributed by atoms with Crippen LogP contribution in [0.2, 0.25) is 10.3 Å². The van der Waals surface area contributed by atoms with Gasteiger partial charge < -0.3 is 0 Å². The molecule has 1 aliphatic carbocycles. The van der Waals surface area contributed by atoms with E-state index >= 15 is 0 Å². The summed E-state index contributed by atoms with van der Waals surface area (Å²) in [6.45, 7) is 0. The maximum atomic E-state index is 6.20. The first-order valence-electron chi connectivity index (χ1n) is 4.46. The van der Waals surface area contributed by atoms with Crippen LogP contribution in [0.3, 0.4) is 0 Å². The van der Waals surface area contributed by atoms with E-state index < -0.39 is 0 Å². The topological polar surface area (TPSA) is 30.2 Å². The second-order valence-electron chi connectivity index (χ2n) is 3.48. The zero-order valence-electron chi connectivity index (χ0n) is 7.24. The molecule has 1 saturated carbocycles. The summed E-state index contributed by atoms with van der Waals surface area (Å²) in [5, 5.41) is 5.22. The van der Waals surface area contributed by atoms with Crippen LogP contribution in [0.4, 0.5) is 0 Å². The Morgan fingerprint density at radius 2 is 2.14 bits per heavy atom. The van der Waals surface area contributed by atoms with Gasteiger partial charge in [-0.15, -0.1) is 0 Å². The molecule has 0 radical (unpaired) electrons. The molecule has 0 aliphatic heterocycles. The molecule has 0 aromatic carbocycles. The first-order valence-corrected chi connectivity index (χ1v) is 5.21. The van der Waals surface area contributed by atoms with Crippen molar-refractivity contribution >= 4 is 28.8 Å². The predicted octanol–water partition coefficient (Wildman–Crippen LogP) is 2.91. The summed E-state index contributed by atoms with van der Waals surface area (Å²) in [5.41, 5.74) is 1.65. The van der Waals surface area contributed by atoms with Crippen LogP contribution >= 0.6 is 23.2 Å². The number of hydrogen-bond acceptors (Lipinski definition) is 2. The molecule has 3 nitrogen and oxygen atoms in total. The van der Waals surface area contributed by atoms with Crippen molar-refractivity contribution in [2.24, 2.45) is 0 Å². The number of fused-ring (bicyclic) bond motifs is 1. The number of nitrogens with zero attached hydrogens (tertiary/aromatic N) is 3. The van der Waals surface area contributed by atoms with Crippen LogP contribution in [0.1, 0.15) is 24.3 Å². The summed E-state index contributed by atoms with van der Waals surface area (Å²) in [4.78, 5) is 4.24. The lowest BCUT2D eigenvalue weighted by atomic mass is 10.2. The molecule has 1 fully saturated rings. The highest BCUT2D eigenvalue weighted by Gasteiger charge is 2.30. The Balaban J connectivity index is 2.36. The highest BCUT2D eigenvalue weighted by molar-refractivity contribution is 6.35. The number of hydrogen-bond donors (Lipinski definition) is 0. The van der Waals surface area contributed by atoms with Crippen molar-refractivity contribution in [3.05, 3.63) is 28.1 Å². The third-order valence-corrected chi connectivity index (χ3v) is 3.10. The predicted molar refractivity (Wildman–Crippen MR) is 55.0 cm³/mol. The van der Waals surface area contributed by atoms with Crippen molar-refractivity contribution in [3.63, 3.8) is 0 Å². The van der Waals surface area contributed by atoms with Gasteiger partial charge in [-0.25, -0.2) is 9.50 Å². The molecule has 72 valence electrons. The van der Waals surface area contributed by atoms with Crippen LogP contribution in [-0.4, -0.2) is 14.6 Å². The van der Waals surface area contributed by atoms with Gasteiger partial charge in [0.1, 0.15) is 10.3 Å². The quantitative estimate of drug-likeness (QED) is 0.702. The van der Waals surface area contributed by atoms with E-state index in [1.54, 1.807) is 16.8 Å². The lowest BCUT2D eigenvalue weighted by Gasteiger charge is -2.05. The Bertz CT molecular complexity index is 502. The Hall–Kier alpha value is -0.800. The standard InChI is InChI=1S/C9H7Cl2N3/c10-8-7(5-1-2-5)9(11)14-6(13-8)3-4-12-14/h3-5H,1-2H2. The minimum Gasteiger partial charge on any atom is -0.216 e. The molecule has 0 saturated heterocycles. The normalized spacial score (nSPS) is 16.4. The van der Waals surface area contributed by atoms with E-state index in [-0.39, 0.29) is 0 Å². The Labute approximate surface area is 90.7 Å². The van der Waals surface area contributed by atoms with Gasteiger partial charge in [-0.3, -0.25) is 0 Å². The fraction of sp³-hybridized carbons (Fsp3) is 0.333. The summed E-state index contributed by atoms with van der Waals surface area (Å²) in [6, 6.07) is 1.79. The van der Waals surface area contributed by atoms with Gasteiger partial charge in [0.15, 0.2) is 5.65 Å². The molecule has 2 aromatic rings. The minimum atomic E-state index is 0.482. The number of rotatable bonds is 1. The van der Waals surface area contributed by atoms with E-state index in [0.29, 0.717) is 21.9 Å². The average molecular weight is 228 g/mol. The zero-order chi connectivity index (χ0) is 9.71. The van der Waals surface area contributed by atoms with E-state index in [2.05, 4.69) is 10.1 Å². The molecular formula is C9H7Cl2N3. The highest BCUT2D eigenvalue weighted by Crippen LogP contribution is 2.45. The molecule has 1 aliphatic rings. The van der Waals surface area contributed by atoms with Crippen molar-refractivity contribution in [1.29, 1.82) is 0 Å². The van der Waals surface area contributed by atoms with E-state index in [0.717, 1.165) is 18.4 Å². The molecule has 0 spiro atoms. The van der Waals surface area contributed by atoms with E-state index in [9.17, 15) is 0 Å². The van der Waals surface area contributed by atoms with Gasteiger partial charge in [-0.1, -0.05) is 23.2 Å². The molecule has 2 heterocycles. The average Bonchev–Trinajstić information content (AvgIpc) is 2.84. The lowest BCUT2D eigenvalue weighted by Crippen LogP contribution is -1.98. The fourth-order valence-electron chi connectivity index (χ4n) is 1.60. The van der Waals surface area contributed by atoms with Gasteiger partial charge in [0.25, 0.3) is 0 Å². The molecule has 3 rings (SSSR count). The number of aromatic nitrogens is 3. The molecule has 0 unspecified atom stereocenters. The van der Waals surface area contributed by atoms with Crippen molar-refractivity contribution in [1.82, 2.24) is 14.6 Å². The van der Waals surface area contributed by atoms with E-state index in [1.807, 2.05) is 0 Å². The van der Waals surface area contributed by atoms with Crippen LogP contribution in [0.25, 0.3) is 5.65 Å². The third kappa shape index (κ3) is 1.12. The maximum Gasteiger partial charge on any atom is 0.158 e. The molecule has 2 aromatic heterocycles. The molecule has 0 atom stereocenters. The van der Waals surface area contributed by atoms with Gasteiger partial charge in [0.05, 0.1) is 6.20 Å². The Kier molecular flexibility index (Phi) is 1.73.